The van der Waals surface area contributed by atoms with Crippen LogP contribution in [0.5, 0.6) is 17.4 Å². The molecule has 2 aliphatic heterocycles. The molecule has 0 aliphatic carbocycles. The average molecular weight is 457 g/mol. The van der Waals surface area contributed by atoms with E-state index in [1.807, 2.05) is 31.2 Å². The SMILES string of the molecule is CCSc1nnc2c(n1)O[C@@H](c1cc3c(cc1Cl)OCO3)N(C(C)=O)c1ccccc1-2. The molecule has 5 rings (SSSR count). The number of carbonyl (C=O) groups is 1. The summed E-state index contributed by atoms with van der Waals surface area (Å²) in [5.41, 5.74) is 2.33. The third-order valence-electron chi connectivity index (χ3n) is 4.88. The fraction of sp³-hybridized carbons (Fsp3) is 0.238. The third kappa shape index (κ3) is 3.43. The van der Waals surface area contributed by atoms with Gasteiger partial charge in [-0.1, -0.05) is 48.5 Å². The Bertz CT molecular complexity index is 1190. The fourth-order valence-electron chi connectivity index (χ4n) is 3.57. The topological polar surface area (TPSA) is 86.7 Å². The highest BCUT2D eigenvalue weighted by Crippen LogP contribution is 2.46. The van der Waals surface area contributed by atoms with Crippen molar-refractivity contribution in [3.63, 3.8) is 0 Å². The minimum absolute atomic E-state index is 0.109. The van der Waals surface area contributed by atoms with E-state index in [-0.39, 0.29) is 18.6 Å². The number of ether oxygens (including phenoxy) is 3. The zero-order valence-corrected chi connectivity index (χ0v) is 18.2. The summed E-state index contributed by atoms with van der Waals surface area (Å²) in [7, 11) is 0. The second-order valence-electron chi connectivity index (χ2n) is 6.78. The van der Waals surface area contributed by atoms with Crippen molar-refractivity contribution in [1.29, 1.82) is 0 Å². The molecule has 0 unspecified atom stereocenters. The van der Waals surface area contributed by atoms with Gasteiger partial charge in [0.1, 0.15) is 0 Å². The molecular weight excluding hydrogens is 440 g/mol. The number of para-hydroxylation sites is 1. The van der Waals surface area contributed by atoms with Gasteiger partial charge in [0, 0.05) is 24.1 Å². The molecule has 8 nitrogen and oxygen atoms in total. The number of fused-ring (bicyclic) bond motifs is 4. The highest BCUT2D eigenvalue weighted by atomic mass is 35.5. The molecule has 0 fully saturated rings. The van der Waals surface area contributed by atoms with Crippen molar-refractivity contribution >= 4 is 35.0 Å². The lowest BCUT2D eigenvalue weighted by atomic mass is 10.1. The van der Waals surface area contributed by atoms with Gasteiger partial charge in [-0.15, -0.1) is 10.2 Å². The van der Waals surface area contributed by atoms with E-state index in [2.05, 4.69) is 15.2 Å². The number of anilines is 1. The molecule has 10 heteroatoms. The maximum absolute atomic E-state index is 12.8. The Morgan fingerprint density at radius 2 is 2.00 bits per heavy atom. The molecule has 1 amide bonds. The molecule has 0 saturated heterocycles. The predicted molar refractivity (Wildman–Crippen MR) is 116 cm³/mol. The van der Waals surface area contributed by atoms with Crippen LogP contribution in [0.1, 0.15) is 25.6 Å². The lowest BCUT2D eigenvalue weighted by Crippen LogP contribution is -2.36. The van der Waals surface area contributed by atoms with Crippen LogP contribution in [-0.4, -0.2) is 33.6 Å². The number of hydrogen-bond donors (Lipinski definition) is 0. The van der Waals surface area contributed by atoms with Gasteiger partial charge in [0.2, 0.25) is 30.0 Å². The van der Waals surface area contributed by atoms with Gasteiger partial charge in [-0.25, -0.2) is 0 Å². The molecule has 2 aromatic carbocycles. The van der Waals surface area contributed by atoms with Crippen molar-refractivity contribution in [3.8, 4) is 28.6 Å². The van der Waals surface area contributed by atoms with E-state index >= 15 is 0 Å². The summed E-state index contributed by atoms with van der Waals surface area (Å²) < 4.78 is 17.3. The van der Waals surface area contributed by atoms with E-state index in [9.17, 15) is 4.79 Å². The van der Waals surface area contributed by atoms with Crippen LogP contribution in [0.3, 0.4) is 0 Å². The normalized spacial score (nSPS) is 16.2. The summed E-state index contributed by atoms with van der Waals surface area (Å²) in [6, 6.07) is 10.8. The smallest absolute Gasteiger partial charge is 0.247 e. The average Bonchev–Trinajstić information content (AvgIpc) is 3.14. The van der Waals surface area contributed by atoms with Crippen molar-refractivity contribution < 1.29 is 19.0 Å². The second-order valence-corrected chi connectivity index (χ2v) is 8.42. The minimum Gasteiger partial charge on any atom is -0.454 e. The molecule has 31 heavy (non-hydrogen) atoms. The van der Waals surface area contributed by atoms with Crippen molar-refractivity contribution in [2.45, 2.75) is 25.2 Å². The monoisotopic (exact) mass is 456 g/mol. The summed E-state index contributed by atoms with van der Waals surface area (Å²) in [6.45, 7) is 3.58. The van der Waals surface area contributed by atoms with Crippen molar-refractivity contribution in [2.24, 2.45) is 0 Å². The summed E-state index contributed by atoms with van der Waals surface area (Å²) >= 11 is 8.05. The van der Waals surface area contributed by atoms with Gasteiger partial charge in [0.15, 0.2) is 17.2 Å². The predicted octanol–water partition coefficient (Wildman–Crippen LogP) is 4.48. The molecule has 3 heterocycles. The third-order valence-corrected chi connectivity index (χ3v) is 5.93. The highest BCUT2D eigenvalue weighted by molar-refractivity contribution is 7.99. The number of thioether (sulfide) groups is 1. The Hall–Kier alpha value is -3.04. The number of rotatable bonds is 3. The Labute approximate surface area is 187 Å². The molecule has 158 valence electrons. The fourth-order valence-corrected chi connectivity index (χ4v) is 4.32. The van der Waals surface area contributed by atoms with Crippen LogP contribution in [0.25, 0.3) is 11.3 Å². The van der Waals surface area contributed by atoms with Crippen LogP contribution in [0.4, 0.5) is 5.69 Å². The number of amides is 1. The van der Waals surface area contributed by atoms with Crippen molar-refractivity contribution in [2.75, 3.05) is 17.4 Å². The van der Waals surface area contributed by atoms with Crippen LogP contribution < -0.4 is 19.1 Å². The number of hydrogen-bond acceptors (Lipinski definition) is 8. The van der Waals surface area contributed by atoms with Crippen LogP contribution in [0.2, 0.25) is 5.02 Å². The molecule has 0 bridgehead atoms. The van der Waals surface area contributed by atoms with Gasteiger partial charge in [-0.2, -0.15) is 4.98 Å². The number of carbonyl (C=O) groups excluding carboxylic acids is 1. The van der Waals surface area contributed by atoms with E-state index in [1.54, 1.807) is 12.1 Å². The lowest BCUT2D eigenvalue weighted by molar-refractivity contribution is -0.118. The molecule has 1 atom stereocenters. The summed E-state index contributed by atoms with van der Waals surface area (Å²) in [6.07, 6.45) is -0.891. The minimum atomic E-state index is -0.891. The quantitative estimate of drug-likeness (QED) is 0.533. The summed E-state index contributed by atoms with van der Waals surface area (Å²) in [5, 5.41) is 9.45. The number of nitrogens with zero attached hydrogens (tertiary/aromatic N) is 4. The Balaban J connectivity index is 1.73. The Morgan fingerprint density at radius 3 is 2.77 bits per heavy atom. The van der Waals surface area contributed by atoms with Crippen LogP contribution in [0.15, 0.2) is 41.6 Å². The van der Waals surface area contributed by atoms with Gasteiger partial charge in [-0.05, 0) is 17.9 Å². The number of halogens is 1. The molecule has 0 N–H and O–H groups in total. The first-order chi connectivity index (χ1) is 15.1. The molecule has 1 aromatic heterocycles. The van der Waals surface area contributed by atoms with Crippen LogP contribution in [0, 0.1) is 0 Å². The Kier molecular flexibility index (Phi) is 5.07. The number of benzene rings is 2. The standard InChI is InChI=1S/C21H17ClN4O4S/c1-3-31-21-23-19-18(24-25-21)12-6-4-5-7-15(12)26(11(2)27)20(30-19)13-8-16-17(9-14(13)22)29-10-28-16/h4-9,20H,3,10H2,1-2H3/t20-/m0/s1. The van der Waals surface area contributed by atoms with Crippen molar-refractivity contribution in [1.82, 2.24) is 15.2 Å². The Morgan fingerprint density at radius 1 is 1.23 bits per heavy atom. The number of aromatic nitrogens is 3. The zero-order valence-electron chi connectivity index (χ0n) is 16.7. The van der Waals surface area contributed by atoms with Gasteiger partial charge < -0.3 is 14.2 Å². The summed E-state index contributed by atoms with van der Waals surface area (Å²) in [4.78, 5) is 19.0. The maximum atomic E-state index is 12.8. The van der Waals surface area contributed by atoms with E-state index < -0.39 is 6.23 Å². The molecule has 2 aliphatic rings. The largest absolute Gasteiger partial charge is 0.454 e. The van der Waals surface area contributed by atoms with Crippen LogP contribution in [-0.2, 0) is 4.79 Å². The van der Waals surface area contributed by atoms with Crippen LogP contribution >= 0.6 is 23.4 Å². The molecular formula is C21H17ClN4O4S. The van der Waals surface area contributed by atoms with E-state index in [0.29, 0.717) is 44.2 Å². The lowest BCUT2D eigenvalue weighted by Gasteiger charge is -2.30. The molecule has 0 radical (unpaired) electrons. The molecule has 3 aromatic rings. The first-order valence-electron chi connectivity index (χ1n) is 9.59. The van der Waals surface area contributed by atoms with E-state index in [0.717, 1.165) is 5.75 Å². The summed E-state index contributed by atoms with van der Waals surface area (Å²) in [5.74, 6) is 1.92. The van der Waals surface area contributed by atoms with Gasteiger partial charge in [0.05, 0.1) is 10.7 Å². The van der Waals surface area contributed by atoms with E-state index in [1.165, 1.54) is 23.6 Å². The first-order valence-corrected chi connectivity index (χ1v) is 11.0. The zero-order chi connectivity index (χ0) is 21.5. The maximum Gasteiger partial charge on any atom is 0.247 e. The van der Waals surface area contributed by atoms with Crippen molar-refractivity contribution in [3.05, 3.63) is 47.0 Å². The van der Waals surface area contributed by atoms with Gasteiger partial charge in [-0.3, -0.25) is 9.69 Å². The van der Waals surface area contributed by atoms with Gasteiger partial charge in [0.25, 0.3) is 0 Å². The highest BCUT2D eigenvalue weighted by Gasteiger charge is 2.36. The van der Waals surface area contributed by atoms with Gasteiger partial charge >= 0.3 is 0 Å². The second kappa shape index (κ2) is 7.90. The molecule has 0 saturated carbocycles. The molecule has 0 spiro atoms. The first kappa shape index (κ1) is 19.9. The van der Waals surface area contributed by atoms with E-state index in [4.69, 9.17) is 25.8 Å².